The second-order valence-electron chi connectivity index (χ2n) is 7.81. The Bertz CT molecular complexity index is 1070. The molecule has 0 radical (unpaired) electrons. The summed E-state index contributed by atoms with van der Waals surface area (Å²) in [5.74, 6) is -1.24. The Morgan fingerprint density at radius 3 is 2.39 bits per heavy atom. The highest BCUT2D eigenvalue weighted by atomic mass is 32.1. The molecule has 0 bridgehead atoms. The molecule has 0 saturated heterocycles. The summed E-state index contributed by atoms with van der Waals surface area (Å²) in [6.07, 6.45) is 2.87. The fraction of sp³-hybridized carbons (Fsp3) is 0.300. The predicted molar refractivity (Wildman–Crippen MR) is 113 cm³/mol. The van der Waals surface area contributed by atoms with Crippen molar-refractivity contribution in [3.05, 3.63) is 58.9 Å². The summed E-state index contributed by atoms with van der Waals surface area (Å²) in [5.41, 5.74) is 10.3. The van der Waals surface area contributed by atoms with Gasteiger partial charge >= 0.3 is 0 Å². The third-order valence-electron chi connectivity index (χ3n) is 4.19. The zero-order valence-electron chi connectivity index (χ0n) is 17.2. The number of nitrogen functional groups attached to an aromatic ring is 1. The van der Waals surface area contributed by atoms with Crippen molar-refractivity contribution >= 4 is 34.9 Å². The predicted octanol–water partition coefficient (Wildman–Crippen LogP) is 2.31. The lowest BCUT2D eigenvalue weighted by atomic mass is 10.1. The monoisotopic (exact) mass is 445 g/mol. The average molecular weight is 446 g/mol. The van der Waals surface area contributed by atoms with Gasteiger partial charge in [0.05, 0.1) is 24.8 Å². The van der Waals surface area contributed by atoms with Gasteiger partial charge in [-0.25, -0.2) is 0 Å². The molecule has 3 rings (SSSR count). The van der Waals surface area contributed by atoms with E-state index in [2.05, 4.69) is 9.69 Å². The average Bonchev–Trinajstić information content (AvgIpc) is 3.41. The molecule has 1 unspecified atom stereocenters. The van der Waals surface area contributed by atoms with Gasteiger partial charge in [0.1, 0.15) is 16.4 Å². The fourth-order valence-corrected chi connectivity index (χ4v) is 3.68. The zero-order chi connectivity index (χ0) is 22.8. The van der Waals surface area contributed by atoms with E-state index in [-0.39, 0.29) is 28.6 Å². The Balaban J connectivity index is 2.08. The number of nitrogens with two attached hydrogens (primary N) is 2. The van der Waals surface area contributed by atoms with E-state index >= 15 is 0 Å². The van der Waals surface area contributed by atoms with Crippen molar-refractivity contribution in [2.24, 2.45) is 5.73 Å². The first-order chi connectivity index (χ1) is 14.6. The van der Waals surface area contributed by atoms with Crippen LogP contribution in [-0.4, -0.2) is 32.5 Å². The highest BCUT2D eigenvalue weighted by Gasteiger charge is 2.38. The van der Waals surface area contributed by atoms with Crippen molar-refractivity contribution in [2.75, 3.05) is 5.73 Å². The van der Waals surface area contributed by atoms with Gasteiger partial charge in [-0.05, 0) is 56.6 Å². The molecule has 31 heavy (non-hydrogen) atoms. The third kappa shape index (κ3) is 4.94. The van der Waals surface area contributed by atoms with Crippen molar-refractivity contribution in [1.29, 1.82) is 0 Å². The van der Waals surface area contributed by atoms with Crippen molar-refractivity contribution in [3.63, 3.8) is 0 Å². The van der Waals surface area contributed by atoms with Gasteiger partial charge in [0, 0.05) is 5.54 Å². The minimum absolute atomic E-state index is 0.0135. The highest BCUT2D eigenvalue weighted by Crippen LogP contribution is 2.31. The molecule has 5 N–H and O–H groups in total. The summed E-state index contributed by atoms with van der Waals surface area (Å²) >= 11 is 0.733. The molecule has 1 atom stereocenters. The Morgan fingerprint density at radius 2 is 1.87 bits per heavy atom. The smallest absolute Gasteiger partial charge is 0.270 e. The molecule has 0 saturated carbocycles. The van der Waals surface area contributed by atoms with E-state index < -0.39 is 29.3 Å². The van der Waals surface area contributed by atoms with Crippen molar-refractivity contribution < 1.29 is 23.2 Å². The Kier molecular flexibility index (Phi) is 6.16. The van der Waals surface area contributed by atoms with Crippen LogP contribution in [0.15, 0.2) is 45.6 Å². The number of anilines is 1. The van der Waals surface area contributed by atoms with Crippen LogP contribution in [0.1, 0.15) is 58.5 Å². The van der Waals surface area contributed by atoms with E-state index in [9.17, 15) is 14.4 Å². The van der Waals surface area contributed by atoms with Gasteiger partial charge < -0.3 is 30.5 Å². The number of carbonyl (C=O) groups excluding carboxylic acids is 3. The van der Waals surface area contributed by atoms with E-state index in [0.29, 0.717) is 5.76 Å². The highest BCUT2D eigenvalue weighted by molar-refractivity contribution is 7.09. The molecule has 0 fully saturated rings. The maximum atomic E-state index is 13.5. The molecule has 3 heterocycles. The first-order valence-electron chi connectivity index (χ1n) is 9.32. The number of aromatic nitrogens is 1. The summed E-state index contributed by atoms with van der Waals surface area (Å²) in [4.78, 5) is 39.6. The normalized spacial score (nSPS) is 12.4. The number of furan rings is 2. The maximum Gasteiger partial charge on any atom is 0.270 e. The Hall–Kier alpha value is -3.60. The molecule has 0 spiro atoms. The Morgan fingerprint density at radius 1 is 1.19 bits per heavy atom. The van der Waals surface area contributed by atoms with Gasteiger partial charge in [-0.15, -0.1) is 0 Å². The van der Waals surface area contributed by atoms with Gasteiger partial charge in [-0.1, -0.05) is 0 Å². The topological polar surface area (TPSA) is 158 Å². The summed E-state index contributed by atoms with van der Waals surface area (Å²) in [6, 6.07) is 5.42. The lowest BCUT2D eigenvalue weighted by Gasteiger charge is -2.31. The summed E-state index contributed by atoms with van der Waals surface area (Å²) in [7, 11) is 0. The molecular formula is C20H23N5O5S. The SMILES string of the molecule is CC(C)(C)NC(=O)C(c1ccco1)N(Cc1ccco1)C(=O)c1snc(C(N)=O)c1N. The van der Waals surface area contributed by atoms with Crippen LogP contribution in [0.5, 0.6) is 0 Å². The number of primary amides is 1. The van der Waals surface area contributed by atoms with Crippen molar-refractivity contribution in [3.8, 4) is 0 Å². The van der Waals surface area contributed by atoms with Gasteiger partial charge in [0.2, 0.25) is 0 Å². The van der Waals surface area contributed by atoms with Crippen LogP contribution in [-0.2, 0) is 11.3 Å². The standard InChI is InChI=1S/C20H23N5O5S/c1-20(2,3)23-18(27)15(12-7-5-9-30-12)25(10-11-6-4-8-29-11)19(28)16-13(21)14(17(22)26)24-31-16/h4-9,15H,10,21H2,1-3H3,(H2,22,26)(H,23,27). The van der Waals surface area contributed by atoms with Gasteiger partial charge in [-0.3, -0.25) is 14.4 Å². The molecule has 0 aromatic carbocycles. The number of nitrogens with zero attached hydrogens (tertiary/aromatic N) is 2. The van der Waals surface area contributed by atoms with Crippen LogP contribution in [0.3, 0.4) is 0 Å². The largest absolute Gasteiger partial charge is 0.467 e. The molecule has 3 aromatic heterocycles. The molecule has 164 valence electrons. The lowest BCUT2D eigenvalue weighted by molar-refractivity contribution is -0.128. The quantitative estimate of drug-likeness (QED) is 0.503. The molecule has 11 heteroatoms. The minimum atomic E-state index is -1.13. The molecule has 0 aliphatic rings. The van der Waals surface area contributed by atoms with E-state index in [1.165, 1.54) is 17.4 Å². The van der Waals surface area contributed by atoms with Crippen LogP contribution in [0.25, 0.3) is 0 Å². The summed E-state index contributed by atoms with van der Waals surface area (Å²) < 4.78 is 14.8. The second-order valence-corrected chi connectivity index (χ2v) is 8.58. The number of rotatable bonds is 7. The van der Waals surface area contributed by atoms with Gasteiger partial charge in [0.15, 0.2) is 11.7 Å². The van der Waals surface area contributed by atoms with E-state index in [4.69, 9.17) is 20.3 Å². The fourth-order valence-electron chi connectivity index (χ4n) is 2.92. The van der Waals surface area contributed by atoms with Crippen molar-refractivity contribution in [2.45, 2.75) is 38.9 Å². The zero-order valence-corrected chi connectivity index (χ0v) is 18.1. The van der Waals surface area contributed by atoms with Crippen LogP contribution in [0, 0.1) is 0 Å². The van der Waals surface area contributed by atoms with Gasteiger partial charge in [0.25, 0.3) is 17.7 Å². The first-order valence-corrected chi connectivity index (χ1v) is 10.1. The molecule has 10 nitrogen and oxygen atoms in total. The molecular weight excluding hydrogens is 422 g/mol. The third-order valence-corrected chi connectivity index (χ3v) is 5.04. The number of carbonyl (C=O) groups is 3. The maximum absolute atomic E-state index is 13.5. The molecule has 3 aromatic rings. The second kappa shape index (κ2) is 8.64. The number of hydrogen-bond donors (Lipinski definition) is 3. The Labute approximate surface area is 182 Å². The van der Waals surface area contributed by atoms with Crippen LogP contribution in [0.4, 0.5) is 5.69 Å². The lowest BCUT2D eigenvalue weighted by Crippen LogP contribution is -2.49. The molecule has 0 aliphatic heterocycles. The minimum Gasteiger partial charge on any atom is -0.467 e. The van der Waals surface area contributed by atoms with Crippen LogP contribution < -0.4 is 16.8 Å². The van der Waals surface area contributed by atoms with Crippen LogP contribution >= 0.6 is 11.5 Å². The van der Waals surface area contributed by atoms with E-state index in [1.807, 2.05) is 20.8 Å². The van der Waals surface area contributed by atoms with Crippen molar-refractivity contribution in [1.82, 2.24) is 14.6 Å². The number of nitrogens with one attached hydrogen (secondary N) is 1. The van der Waals surface area contributed by atoms with E-state index in [1.54, 1.807) is 24.3 Å². The first kappa shape index (κ1) is 22.1. The molecule has 3 amide bonds. The summed E-state index contributed by atoms with van der Waals surface area (Å²) in [6.45, 7) is 5.41. The molecule has 0 aliphatic carbocycles. The summed E-state index contributed by atoms with van der Waals surface area (Å²) in [5, 5.41) is 2.87. The number of hydrogen-bond acceptors (Lipinski definition) is 8. The number of amides is 3. The van der Waals surface area contributed by atoms with Gasteiger partial charge in [-0.2, -0.15) is 4.37 Å². The van der Waals surface area contributed by atoms with E-state index in [0.717, 1.165) is 11.5 Å². The van der Waals surface area contributed by atoms with Crippen LogP contribution in [0.2, 0.25) is 0 Å².